The number of nitrogens with one attached hydrogen (secondary N) is 2. The molecule has 0 aliphatic carbocycles. The normalized spacial score (nSPS) is 11.3. The van der Waals surface area contributed by atoms with E-state index < -0.39 is 0 Å². The molecule has 1 heterocycles. The van der Waals surface area contributed by atoms with Gasteiger partial charge in [-0.2, -0.15) is 11.8 Å². The van der Waals surface area contributed by atoms with Crippen LogP contribution in [0.15, 0.2) is 12.4 Å². The second-order valence-corrected chi connectivity index (χ2v) is 5.15. The molecule has 0 radical (unpaired) electrons. The van der Waals surface area contributed by atoms with Gasteiger partial charge in [0.25, 0.3) is 0 Å². The van der Waals surface area contributed by atoms with Crippen LogP contribution in [0.25, 0.3) is 0 Å². The van der Waals surface area contributed by atoms with Crippen molar-refractivity contribution in [2.75, 3.05) is 23.5 Å². The molecule has 0 atom stereocenters. The van der Waals surface area contributed by atoms with Crippen LogP contribution in [0.3, 0.4) is 0 Å². The highest BCUT2D eigenvalue weighted by molar-refractivity contribution is 8.00. The molecule has 0 fully saturated rings. The minimum atomic E-state index is 0.265. The Bertz CT molecular complexity index is 332. The number of rotatable bonds is 7. The van der Waals surface area contributed by atoms with Crippen molar-refractivity contribution in [1.29, 1.82) is 0 Å². The Kier molecular flexibility index (Phi) is 5.50. The van der Waals surface area contributed by atoms with Crippen LogP contribution in [0, 0.1) is 0 Å². The quantitative estimate of drug-likeness (QED) is 0.512. The summed E-state index contributed by atoms with van der Waals surface area (Å²) in [4.78, 5) is 8.14. The third-order valence-electron chi connectivity index (χ3n) is 3.13. The van der Waals surface area contributed by atoms with Crippen LogP contribution in [0.1, 0.15) is 26.7 Å². The van der Waals surface area contributed by atoms with Crippen LogP contribution in [0.5, 0.6) is 0 Å². The first-order valence-corrected chi connectivity index (χ1v) is 7.00. The molecule has 1 aromatic heterocycles. The molecule has 0 aliphatic heterocycles. The molecule has 0 bridgehead atoms. The van der Waals surface area contributed by atoms with Crippen molar-refractivity contribution in [3.63, 3.8) is 0 Å². The van der Waals surface area contributed by atoms with Crippen molar-refractivity contribution in [1.82, 2.24) is 9.97 Å². The number of nitrogens with zero attached hydrogens (tertiary/aromatic N) is 2. The minimum Gasteiger partial charge on any atom is -0.369 e. The smallest absolute Gasteiger partial charge is 0.145 e. The molecule has 0 aliphatic rings. The van der Waals surface area contributed by atoms with Gasteiger partial charge in [0.05, 0.1) is 0 Å². The zero-order valence-electron chi connectivity index (χ0n) is 10.7. The van der Waals surface area contributed by atoms with Gasteiger partial charge in [-0.3, -0.25) is 0 Å². The number of nitrogen functional groups attached to an aromatic ring is 1. The third-order valence-corrected chi connectivity index (χ3v) is 4.72. The van der Waals surface area contributed by atoms with Crippen LogP contribution in [-0.2, 0) is 0 Å². The Balaban J connectivity index is 2.65. The average Bonchev–Trinajstić information content (AvgIpc) is 2.41. The van der Waals surface area contributed by atoms with E-state index in [-0.39, 0.29) is 4.75 Å². The monoisotopic (exact) mass is 255 g/mol. The van der Waals surface area contributed by atoms with Gasteiger partial charge in [0, 0.05) is 17.4 Å². The maximum absolute atomic E-state index is 5.31. The first-order chi connectivity index (χ1) is 8.19. The molecule has 1 rings (SSSR count). The molecule has 17 heavy (non-hydrogen) atoms. The molecule has 0 saturated carbocycles. The molecule has 0 unspecified atom stereocenters. The Labute approximate surface area is 107 Å². The molecule has 0 amide bonds. The summed E-state index contributed by atoms with van der Waals surface area (Å²) in [6, 6.07) is 1.80. The van der Waals surface area contributed by atoms with Gasteiger partial charge in [0.2, 0.25) is 0 Å². The van der Waals surface area contributed by atoms with Crippen LogP contribution >= 0.6 is 11.8 Å². The standard InChI is InChI=1S/C11H21N5S/c1-4-11(5-2,17-3)7-13-9-6-10(16-12)15-8-14-9/h6,8H,4-5,7,12H2,1-3H3,(H2,13,14,15,16). The van der Waals surface area contributed by atoms with Crippen LogP contribution in [0.2, 0.25) is 0 Å². The van der Waals surface area contributed by atoms with Crippen LogP contribution < -0.4 is 16.6 Å². The third kappa shape index (κ3) is 3.74. The summed E-state index contributed by atoms with van der Waals surface area (Å²) in [6.07, 6.45) is 5.91. The lowest BCUT2D eigenvalue weighted by atomic mass is 10.0. The second kappa shape index (κ2) is 6.66. The highest BCUT2D eigenvalue weighted by Gasteiger charge is 2.24. The van der Waals surface area contributed by atoms with Gasteiger partial charge < -0.3 is 10.7 Å². The van der Waals surface area contributed by atoms with Crippen molar-refractivity contribution in [3.05, 3.63) is 12.4 Å². The first-order valence-electron chi connectivity index (χ1n) is 5.77. The number of anilines is 2. The molecule has 5 nitrogen and oxygen atoms in total. The fourth-order valence-corrected chi connectivity index (χ4v) is 2.44. The van der Waals surface area contributed by atoms with E-state index in [9.17, 15) is 0 Å². The van der Waals surface area contributed by atoms with Gasteiger partial charge in [0.1, 0.15) is 18.0 Å². The summed E-state index contributed by atoms with van der Waals surface area (Å²) in [5, 5.41) is 3.35. The van der Waals surface area contributed by atoms with Crippen molar-refractivity contribution >= 4 is 23.4 Å². The SMILES string of the molecule is CCC(CC)(CNc1cc(NN)ncn1)SC. The average molecular weight is 255 g/mol. The topological polar surface area (TPSA) is 75.9 Å². The van der Waals surface area contributed by atoms with Gasteiger partial charge >= 0.3 is 0 Å². The van der Waals surface area contributed by atoms with E-state index in [1.807, 2.05) is 11.8 Å². The van der Waals surface area contributed by atoms with E-state index in [4.69, 9.17) is 5.84 Å². The van der Waals surface area contributed by atoms with Gasteiger partial charge in [-0.25, -0.2) is 15.8 Å². The summed E-state index contributed by atoms with van der Waals surface area (Å²) in [5.41, 5.74) is 2.51. The Morgan fingerprint density at radius 1 is 1.29 bits per heavy atom. The Morgan fingerprint density at radius 3 is 2.47 bits per heavy atom. The van der Waals surface area contributed by atoms with E-state index in [1.54, 1.807) is 6.07 Å². The van der Waals surface area contributed by atoms with Crippen molar-refractivity contribution in [2.45, 2.75) is 31.4 Å². The summed E-state index contributed by atoms with van der Waals surface area (Å²) >= 11 is 1.90. The number of hydrazine groups is 1. The lowest BCUT2D eigenvalue weighted by Crippen LogP contribution is -2.32. The van der Waals surface area contributed by atoms with Crippen molar-refractivity contribution in [3.8, 4) is 0 Å². The van der Waals surface area contributed by atoms with E-state index in [1.165, 1.54) is 6.33 Å². The molecular formula is C11H21N5S. The number of nitrogens with two attached hydrogens (primary N) is 1. The lowest BCUT2D eigenvalue weighted by molar-refractivity contribution is 0.574. The maximum Gasteiger partial charge on any atom is 0.145 e. The van der Waals surface area contributed by atoms with Crippen molar-refractivity contribution < 1.29 is 0 Å². The molecule has 6 heteroatoms. The van der Waals surface area contributed by atoms with Gasteiger partial charge in [0.15, 0.2) is 0 Å². The largest absolute Gasteiger partial charge is 0.369 e. The molecule has 0 saturated heterocycles. The van der Waals surface area contributed by atoms with Crippen molar-refractivity contribution in [2.24, 2.45) is 5.84 Å². The maximum atomic E-state index is 5.31. The summed E-state index contributed by atoms with van der Waals surface area (Å²) in [6.45, 7) is 5.32. The summed E-state index contributed by atoms with van der Waals surface area (Å²) in [5.74, 6) is 6.72. The minimum absolute atomic E-state index is 0.265. The number of thioether (sulfide) groups is 1. The Morgan fingerprint density at radius 2 is 1.94 bits per heavy atom. The van der Waals surface area contributed by atoms with Gasteiger partial charge in [-0.1, -0.05) is 13.8 Å². The zero-order valence-corrected chi connectivity index (χ0v) is 11.5. The zero-order chi connectivity index (χ0) is 12.7. The fraction of sp³-hybridized carbons (Fsp3) is 0.636. The Hall–Kier alpha value is -1.01. The molecule has 4 N–H and O–H groups in total. The first kappa shape index (κ1) is 14.1. The van der Waals surface area contributed by atoms with Gasteiger partial charge in [-0.05, 0) is 19.1 Å². The molecule has 1 aromatic rings. The van der Waals surface area contributed by atoms with Crippen LogP contribution in [-0.4, -0.2) is 27.5 Å². The molecule has 0 aromatic carbocycles. The lowest BCUT2D eigenvalue weighted by Gasteiger charge is -2.30. The fourth-order valence-electron chi connectivity index (χ4n) is 1.65. The number of hydrogen-bond donors (Lipinski definition) is 3. The van der Waals surface area contributed by atoms with Gasteiger partial charge in [-0.15, -0.1) is 0 Å². The highest BCUT2D eigenvalue weighted by Crippen LogP contribution is 2.30. The number of aromatic nitrogens is 2. The predicted molar refractivity (Wildman–Crippen MR) is 75.2 cm³/mol. The van der Waals surface area contributed by atoms with Crippen LogP contribution in [0.4, 0.5) is 11.6 Å². The number of hydrogen-bond acceptors (Lipinski definition) is 6. The van der Waals surface area contributed by atoms with E-state index in [2.05, 4.69) is 40.8 Å². The highest BCUT2D eigenvalue weighted by atomic mass is 32.2. The predicted octanol–water partition coefficient (Wildman–Crippen LogP) is 2.10. The second-order valence-electron chi connectivity index (χ2n) is 3.88. The summed E-state index contributed by atoms with van der Waals surface area (Å²) in [7, 11) is 0. The van der Waals surface area contributed by atoms with E-state index in [0.29, 0.717) is 5.82 Å². The van der Waals surface area contributed by atoms with E-state index >= 15 is 0 Å². The summed E-state index contributed by atoms with van der Waals surface area (Å²) < 4.78 is 0.265. The van der Waals surface area contributed by atoms with E-state index in [0.717, 1.165) is 25.2 Å². The molecular weight excluding hydrogens is 234 g/mol. The molecule has 0 spiro atoms. The molecule has 96 valence electrons.